The molecular formula is C18H17ClN2O4. The van der Waals surface area contributed by atoms with Crippen molar-refractivity contribution < 1.29 is 15.0 Å². The Kier molecular flexibility index (Phi) is 4.65. The molecule has 0 radical (unpaired) electrons. The molecule has 3 aromatic rings. The van der Waals surface area contributed by atoms with Crippen LogP contribution in [0.25, 0.3) is 21.8 Å². The number of fused-ring (bicyclic) bond motifs is 2. The molecule has 0 fully saturated rings. The fourth-order valence-electron chi connectivity index (χ4n) is 3.10. The van der Waals surface area contributed by atoms with Gasteiger partial charge in [0.25, 0.3) is 0 Å². The van der Waals surface area contributed by atoms with Gasteiger partial charge >= 0.3 is 5.97 Å². The highest BCUT2D eigenvalue weighted by Crippen LogP contribution is 2.34. The Bertz CT molecular complexity index is 1030. The Morgan fingerprint density at radius 2 is 1.92 bits per heavy atom. The summed E-state index contributed by atoms with van der Waals surface area (Å²) in [5, 5.41) is 19.9. The van der Waals surface area contributed by atoms with Gasteiger partial charge in [0.15, 0.2) is 5.43 Å². The molecule has 7 heteroatoms. The highest BCUT2D eigenvalue weighted by Gasteiger charge is 2.19. The zero-order valence-electron chi connectivity index (χ0n) is 13.6. The fourth-order valence-corrected chi connectivity index (χ4v) is 3.40. The first-order valence-corrected chi connectivity index (χ1v) is 8.11. The van der Waals surface area contributed by atoms with Gasteiger partial charge in [0.05, 0.1) is 28.4 Å². The molecule has 25 heavy (non-hydrogen) atoms. The van der Waals surface area contributed by atoms with Gasteiger partial charge in [-0.1, -0.05) is 23.7 Å². The molecule has 0 aliphatic carbocycles. The largest absolute Gasteiger partial charge is 0.480 e. The van der Waals surface area contributed by atoms with E-state index in [0.717, 1.165) is 0 Å². The monoisotopic (exact) mass is 360 g/mol. The number of halogens is 1. The molecule has 0 aliphatic heterocycles. The van der Waals surface area contributed by atoms with Crippen LogP contribution in [0.2, 0.25) is 5.02 Å². The van der Waals surface area contributed by atoms with Gasteiger partial charge in [-0.05, 0) is 24.3 Å². The molecule has 1 heterocycles. The van der Waals surface area contributed by atoms with E-state index in [4.69, 9.17) is 11.6 Å². The summed E-state index contributed by atoms with van der Waals surface area (Å²) in [5.41, 5.74) is 1.33. The van der Waals surface area contributed by atoms with Crippen molar-refractivity contribution >= 4 is 45.1 Å². The van der Waals surface area contributed by atoms with Crippen molar-refractivity contribution in [1.82, 2.24) is 4.57 Å². The minimum Gasteiger partial charge on any atom is -0.480 e. The third-order valence-electron chi connectivity index (χ3n) is 4.17. The third kappa shape index (κ3) is 2.94. The van der Waals surface area contributed by atoms with Crippen molar-refractivity contribution in [3.8, 4) is 0 Å². The Hall–Kier alpha value is -2.57. The number of aromatic nitrogens is 1. The van der Waals surface area contributed by atoms with E-state index >= 15 is 0 Å². The van der Waals surface area contributed by atoms with Crippen LogP contribution >= 0.6 is 11.6 Å². The van der Waals surface area contributed by atoms with Gasteiger partial charge in [0, 0.05) is 24.4 Å². The number of aliphatic carboxylic acids is 1. The molecule has 0 unspecified atom stereocenters. The van der Waals surface area contributed by atoms with Gasteiger partial charge in [0.1, 0.15) is 6.54 Å². The van der Waals surface area contributed by atoms with Crippen molar-refractivity contribution in [3.05, 3.63) is 51.6 Å². The minimum atomic E-state index is -1.02. The third-order valence-corrected chi connectivity index (χ3v) is 4.47. The number of aliphatic hydroxyl groups excluding tert-OH is 1. The molecule has 0 aliphatic rings. The predicted octanol–water partition coefficient (Wildman–Crippen LogP) is 2.32. The highest BCUT2D eigenvalue weighted by molar-refractivity contribution is 6.35. The topological polar surface area (TPSA) is 82.8 Å². The van der Waals surface area contributed by atoms with Crippen LogP contribution in [-0.2, 0) is 11.3 Å². The zero-order chi connectivity index (χ0) is 18.1. The maximum Gasteiger partial charge on any atom is 0.323 e. The SMILES string of the molecule is CN(CCO)c1c(Cl)ccc2c(=O)c3ccccc3n(CC(=O)O)c12. The summed E-state index contributed by atoms with van der Waals surface area (Å²) in [5.74, 6) is -1.02. The summed E-state index contributed by atoms with van der Waals surface area (Å²) < 4.78 is 1.59. The minimum absolute atomic E-state index is 0.0973. The lowest BCUT2D eigenvalue weighted by molar-refractivity contribution is -0.137. The number of likely N-dealkylation sites (N-methyl/N-ethyl adjacent to an activating group) is 1. The molecule has 0 spiro atoms. The number of anilines is 1. The number of carboxylic acid groups (broad SMARTS) is 1. The standard InChI is InChI=1S/C18H17ClN2O4/c1-20(8-9-22)17-13(19)7-6-12-16(17)21(10-15(23)24)14-5-3-2-4-11(14)18(12)25/h2-7,22H,8-10H2,1H3,(H,23,24). The normalized spacial score (nSPS) is 11.2. The van der Waals surface area contributed by atoms with Crippen molar-refractivity contribution in [2.24, 2.45) is 0 Å². The summed E-state index contributed by atoms with van der Waals surface area (Å²) in [6.45, 7) is -0.107. The van der Waals surface area contributed by atoms with Crippen LogP contribution < -0.4 is 10.3 Å². The molecule has 6 nitrogen and oxygen atoms in total. The number of pyridine rings is 1. The van der Waals surface area contributed by atoms with Crippen LogP contribution in [0.1, 0.15) is 0 Å². The van der Waals surface area contributed by atoms with Crippen LogP contribution in [0.15, 0.2) is 41.2 Å². The number of hydrogen-bond acceptors (Lipinski definition) is 4. The first kappa shape index (κ1) is 17.3. The summed E-state index contributed by atoms with van der Waals surface area (Å²) in [6, 6.07) is 10.1. The summed E-state index contributed by atoms with van der Waals surface area (Å²) in [7, 11) is 1.74. The van der Waals surface area contributed by atoms with E-state index in [-0.39, 0.29) is 18.6 Å². The quantitative estimate of drug-likeness (QED) is 0.682. The molecule has 0 saturated carbocycles. The van der Waals surface area contributed by atoms with Crippen LogP contribution in [0.4, 0.5) is 5.69 Å². The van der Waals surface area contributed by atoms with Gasteiger partial charge in [0.2, 0.25) is 0 Å². The molecule has 1 aromatic heterocycles. The molecule has 2 N–H and O–H groups in total. The lowest BCUT2D eigenvalue weighted by Crippen LogP contribution is -2.24. The number of para-hydroxylation sites is 1. The lowest BCUT2D eigenvalue weighted by atomic mass is 10.1. The average Bonchev–Trinajstić information content (AvgIpc) is 2.58. The molecule has 0 atom stereocenters. The summed E-state index contributed by atoms with van der Waals surface area (Å²) in [4.78, 5) is 26.1. The number of carboxylic acids is 1. The maximum atomic E-state index is 12.9. The number of nitrogens with zero attached hydrogens (tertiary/aromatic N) is 2. The molecule has 130 valence electrons. The van der Waals surface area contributed by atoms with Crippen molar-refractivity contribution in [2.75, 3.05) is 25.1 Å². The Morgan fingerprint density at radius 3 is 2.60 bits per heavy atom. The van der Waals surface area contributed by atoms with Crippen LogP contribution in [-0.4, -0.2) is 40.9 Å². The van der Waals surface area contributed by atoms with E-state index in [0.29, 0.717) is 39.1 Å². The van der Waals surface area contributed by atoms with E-state index in [2.05, 4.69) is 0 Å². The molecule has 0 saturated heterocycles. The smallest absolute Gasteiger partial charge is 0.323 e. The summed E-state index contributed by atoms with van der Waals surface area (Å²) >= 11 is 6.36. The number of aliphatic hydroxyl groups is 1. The number of hydrogen-bond donors (Lipinski definition) is 2. The van der Waals surface area contributed by atoms with Crippen LogP contribution in [0, 0.1) is 0 Å². The van der Waals surface area contributed by atoms with Gasteiger partial charge in [-0.3, -0.25) is 9.59 Å². The molecular weight excluding hydrogens is 344 g/mol. The van der Waals surface area contributed by atoms with Crippen LogP contribution in [0.5, 0.6) is 0 Å². The van der Waals surface area contributed by atoms with E-state index in [1.165, 1.54) is 0 Å². The van der Waals surface area contributed by atoms with Crippen LogP contribution in [0.3, 0.4) is 0 Å². The van der Waals surface area contributed by atoms with E-state index in [1.807, 2.05) is 0 Å². The Morgan fingerprint density at radius 1 is 1.20 bits per heavy atom. The molecule has 0 bridgehead atoms. The summed E-state index contributed by atoms with van der Waals surface area (Å²) in [6.07, 6.45) is 0. The van der Waals surface area contributed by atoms with Gasteiger partial charge in [-0.15, -0.1) is 0 Å². The zero-order valence-corrected chi connectivity index (χ0v) is 14.3. The van der Waals surface area contributed by atoms with Gasteiger partial charge < -0.3 is 19.7 Å². The first-order chi connectivity index (χ1) is 12.0. The van der Waals surface area contributed by atoms with Crippen molar-refractivity contribution in [2.45, 2.75) is 6.54 Å². The first-order valence-electron chi connectivity index (χ1n) is 7.73. The second kappa shape index (κ2) is 6.74. The highest BCUT2D eigenvalue weighted by atomic mass is 35.5. The lowest BCUT2D eigenvalue weighted by Gasteiger charge is -2.24. The second-order valence-electron chi connectivity index (χ2n) is 5.76. The number of carbonyl (C=O) groups is 1. The van der Waals surface area contributed by atoms with Crippen molar-refractivity contribution in [1.29, 1.82) is 0 Å². The fraction of sp³-hybridized carbons (Fsp3) is 0.222. The van der Waals surface area contributed by atoms with E-state index < -0.39 is 5.97 Å². The van der Waals surface area contributed by atoms with E-state index in [1.54, 1.807) is 52.9 Å². The second-order valence-corrected chi connectivity index (χ2v) is 6.17. The predicted molar refractivity (Wildman–Crippen MR) is 98.7 cm³/mol. The molecule has 2 aromatic carbocycles. The Balaban J connectivity index is 2.54. The van der Waals surface area contributed by atoms with Gasteiger partial charge in [-0.25, -0.2) is 0 Å². The molecule has 3 rings (SSSR count). The number of benzene rings is 2. The average molecular weight is 361 g/mol. The molecule has 0 amide bonds. The number of rotatable bonds is 5. The Labute approximate surface area is 148 Å². The maximum absolute atomic E-state index is 12.9. The van der Waals surface area contributed by atoms with Crippen molar-refractivity contribution in [3.63, 3.8) is 0 Å². The van der Waals surface area contributed by atoms with E-state index in [9.17, 15) is 19.8 Å². The van der Waals surface area contributed by atoms with Gasteiger partial charge in [-0.2, -0.15) is 0 Å².